The molecule has 0 radical (unpaired) electrons. The second-order valence-corrected chi connectivity index (χ2v) is 4.88. The zero-order valence-corrected chi connectivity index (χ0v) is 10.8. The molecule has 1 fully saturated rings. The summed E-state index contributed by atoms with van der Waals surface area (Å²) in [5, 5.41) is 3.10. The Hall–Kier alpha value is -1.07. The number of alkyl halides is 3. The highest BCUT2D eigenvalue weighted by Crippen LogP contribution is 2.31. The lowest BCUT2D eigenvalue weighted by atomic mass is 10.1. The average molecular weight is 272 g/mol. The Morgan fingerprint density at radius 3 is 2.47 bits per heavy atom. The zero-order valence-electron chi connectivity index (χ0n) is 10.8. The van der Waals surface area contributed by atoms with Crippen LogP contribution in [0.4, 0.5) is 13.2 Å². The average Bonchev–Trinajstić information content (AvgIpc) is 2.87. The lowest BCUT2D eigenvalue weighted by Crippen LogP contribution is -2.30. The molecule has 0 spiro atoms. The molecule has 0 aromatic heterocycles. The molecule has 5 heteroatoms. The highest BCUT2D eigenvalue weighted by Gasteiger charge is 2.32. The summed E-state index contributed by atoms with van der Waals surface area (Å²) in [4.78, 5) is 2.34. The number of nitrogens with one attached hydrogen (secondary N) is 1. The largest absolute Gasteiger partial charge is 0.416 e. The van der Waals surface area contributed by atoms with Gasteiger partial charge in [-0.25, -0.2) is 0 Å². The normalized spacial score (nSPS) is 17.0. The van der Waals surface area contributed by atoms with E-state index in [0.717, 1.165) is 32.2 Å². The van der Waals surface area contributed by atoms with Crippen molar-refractivity contribution in [2.45, 2.75) is 25.6 Å². The molecule has 1 heterocycles. The summed E-state index contributed by atoms with van der Waals surface area (Å²) in [5.74, 6) is 0. The quantitative estimate of drug-likeness (QED) is 0.829. The van der Waals surface area contributed by atoms with Crippen molar-refractivity contribution < 1.29 is 13.2 Å². The molecule has 1 aromatic carbocycles. The number of nitrogens with zero attached hydrogens (tertiary/aromatic N) is 1. The first kappa shape index (κ1) is 14.3. The number of likely N-dealkylation sites (tertiary alicyclic amines) is 1. The van der Waals surface area contributed by atoms with Gasteiger partial charge in [-0.3, -0.25) is 0 Å². The van der Waals surface area contributed by atoms with Crippen molar-refractivity contribution in [1.82, 2.24) is 10.2 Å². The third-order valence-electron chi connectivity index (χ3n) is 3.44. The van der Waals surface area contributed by atoms with Crippen molar-refractivity contribution >= 4 is 0 Å². The number of hydrogen-bond acceptors (Lipinski definition) is 2. The number of hydrogen-bond donors (Lipinski definition) is 1. The molecular weight excluding hydrogens is 253 g/mol. The summed E-state index contributed by atoms with van der Waals surface area (Å²) in [6.45, 7) is 4.13. The van der Waals surface area contributed by atoms with Gasteiger partial charge in [-0.1, -0.05) is 18.2 Å². The predicted molar refractivity (Wildman–Crippen MR) is 68.8 cm³/mol. The fraction of sp³-hybridized carbons (Fsp3) is 0.571. The molecule has 106 valence electrons. The van der Waals surface area contributed by atoms with E-state index >= 15 is 0 Å². The lowest BCUT2D eigenvalue weighted by molar-refractivity contribution is -0.138. The van der Waals surface area contributed by atoms with E-state index in [1.165, 1.54) is 25.0 Å². The van der Waals surface area contributed by atoms with Crippen LogP contribution in [-0.2, 0) is 12.7 Å². The minimum absolute atomic E-state index is 0.267. The minimum atomic E-state index is -4.27. The molecular formula is C14H19F3N2. The van der Waals surface area contributed by atoms with E-state index in [9.17, 15) is 13.2 Å². The number of benzene rings is 1. The monoisotopic (exact) mass is 272 g/mol. The van der Waals surface area contributed by atoms with Gasteiger partial charge in [-0.15, -0.1) is 0 Å². The lowest BCUT2D eigenvalue weighted by Gasteiger charge is -2.16. The first-order chi connectivity index (χ1) is 9.07. The van der Waals surface area contributed by atoms with Crippen LogP contribution in [0.2, 0.25) is 0 Å². The van der Waals surface area contributed by atoms with E-state index in [-0.39, 0.29) is 6.54 Å². The van der Waals surface area contributed by atoms with E-state index in [1.54, 1.807) is 6.07 Å². The van der Waals surface area contributed by atoms with Crippen LogP contribution in [0.25, 0.3) is 0 Å². The molecule has 19 heavy (non-hydrogen) atoms. The van der Waals surface area contributed by atoms with Crippen LogP contribution in [0.15, 0.2) is 24.3 Å². The summed E-state index contributed by atoms with van der Waals surface area (Å²) in [6, 6.07) is 5.74. The molecule has 2 rings (SSSR count). The van der Waals surface area contributed by atoms with Gasteiger partial charge in [0.1, 0.15) is 0 Å². The van der Waals surface area contributed by atoms with Crippen LogP contribution >= 0.6 is 0 Å². The highest BCUT2D eigenvalue weighted by molar-refractivity contribution is 5.29. The highest BCUT2D eigenvalue weighted by atomic mass is 19.4. The molecule has 0 aliphatic carbocycles. The van der Waals surface area contributed by atoms with Crippen LogP contribution in [-0.4, -0.2) is 31.1 Å². The molecule has 0 saturated carbocycles. The first-order valence-electron chi connectivity index (χ1n) is 6.65. The maximum Gasteiger partial charge on any atom is 0.416 e. The second kappa shape index (κ2) is 6.39. The SMILES string of the molecule is FC(F)(F)c1ccccc1CNCCN1CCCC1. The van der Waals surface area contributed by atoms with Crippen LogP contribution in [0.1, 0.15) is 24.0 Å². The summed E-state index contributed by atoms with van der Waals surface area (Å²) in [7, 11) is 0. The standard InChI is InChI=1S/C14H19F3N2/c15-14(16,17)13-6-2-1-5-12(13)11-18-7-10-19-8-3-4-9-19/h1-2,5-6,18H,3-4,7-11H2. The van der Waals surface area contributed by atoms with Crippen molar-refractivity contribution in [3.63, 3.8) is 0 Å². The summed E-state index contributed by atoms with van der Waals surface area (Å²) in [6.07, 6.45) is -1.80. The Morgan fingerprint density at radius 1 is 1.11 bits per heavy atom. The fourth-order valence-corrected chi connectivity index (χ4v) is 2.42. The van der Waals surface area contributed by atoms with Crippen molar-refractivity contribution in [2.24, 2.45) is 0 Å². The minimum Gasteiger partial charge on any atom is -0.311 e. The van der Waals surface area contributed by atoms with Gasteiger partial charge in [0, 0.05) is 19.6 Å². The molecule has 1 aliphatic rings. The van der Waals surface area contributed by atoms with Crippen LogP contribution in [0, 0.1) is 0 Å². The van der Waals surface area contributed by atoms with Gasteiger partial charge in [0.05, 0.1) is 5.56 Å². The number of rotatable bonds is 5. The van der Waals surface area contributed by atoms with Crippen LogP contribution in [0.3, 0.4) is 0 Å². The Labute approximate surface area is 111 Å². The number of halogens is 3. The first-order valence-corrected chi connectivity index (χ1v) is 6.65. The smallest absolute Gasteiger partial charge is 0.311 e. The molecule has 1 N–H and O–H groups in total. The van der Waals surface area contributed by atoms with Gasteiger partial charge in [-0.2, -0.15) is 13.2 Å². The summed E-state index contributed by atoms with van der Waals surface area (Å²) in [5.41, 5.74) is -0.222. The van der Waals surface area contributed by atoms with Gasteiger partial charge in [0.15, 0.2) is 0 Å². The van der Waals surface area contributed by atoms with Crippen molar-refractivity contribution in [3.8, 4) is 0 Å². The van der Waals surface area contributed by atoms with E-state index in [2.05, 4.69) is 10.2 Å². The Bertz CT molecular complexity index is 398. The molecule has 2 nitrogen and oxygen atoms in total. The Balaban J connectivity index is 1.82. The second-order valence-electron chi connectivity index (χ2n) is 4.88. The topological polar surface area (TPSA) is 15.3 Å². The summed E-state index contributed by atoms with van der Waals surface area (Å²) >= 11 is 0. The Morgan fingerprint density at radius 2 is 1.79 bits per heavy atom. The van der Waals surface area contributed by atoms with Crippen LogP contribution < -0.4 is 5.32 Å². The molecule has 0 atom stereocenters. The zero-order chi connectivity index (χ0) is 13.7. The molecule has 0 bridgehead atoms. The third kappa shape index (κ3) is 4.21. The van der Waals surface area contributed by atoms with Gasteiger partial charge in [0.25, 0.3) is 0 Å². The van der Waals surface area contributed by atoms with Crippen LogP contribution in [0.5, 0.6) is 0 Å². The third-order valence-corrected chi connectivity index (χ3v) is 3.44. The van der Waals surface area contributed by atoms with Gasteiger partial charge >= 0.3 is 6.18 Å². The molecule has 1 aromatic rings. The van der Waals surface area contributed by atoms with Crippen molar-refractivity contribution in [1.29, 1.82) is 0 Å². The van der Waals surface area contributed by atoms with Gasteiger partial charge < -0.3 is 10.2 Å². The van der Waals surface area contributed by atoms with Crippen molar-refractivity contribution in [2.75, 3.05) is 26.2 Å². The van der Waals surface area contributed by atoms with E-state index in [4.69, 9.17) is 0 Å². The maximum absolute atomic E-state index is 12.8. The molecule has 1 saturated heterocycles. The van der Waals surface area contributed by atoms with Gasteiger partial charge in [0.2, 0.25) is 0 Å². The van der Waals surface area contributed by atoms with E-state index in [0.29, 0.717) is 5.56 Å². The summed E-state index contributed by atoms with van der Waals surface area (Å²) < 4.78 is 38.3. The molecule has 1 aliphatic heterocycles. The predicted octanol–water partition coefficient (Wildman–Crippen LogP) is 2.89. The van der Waals surface area contributed by atoms with E-state index < -0.39 is 11.7 Å². The fourth-order valence-electron chi connectivity index (χ4n) is 2.42. The van der Waals surface area contributed by atoms with E-state index in [1.807, 2.05) is 0 Å². The Kier molecular flexibility index (Phi) is 4.82. The van der Waals surface area contributed by atoms with Gasteiger partial charge in [-0.05, 0) is 37.6 Å². The molecule has 0 amide bonds. The maximum atomic E-state index is 12.8. The molecule has 0 unspecified atom stereocenters. The van der Waals surface area contributed by atoms with Crippen molar-refractivity contribution in [3.05, 3.63) is 35.4 Å².